The highest BCUT2D eigenvalue weighted by Gasteiger charge is 2.35. The molecule has 0 saturated carbocycles. The van der Waals surface area contributed by atoms with Gasteiger partial charge in [0.1, 0.15) is 11.5 Å². The maximum absolute atomic E-state index is 14.1. The molecular formula is C29H28N2O4. The summed E-state index contributed by atoms with van der Waals surface area (Å²) in [7, 11) is 3.15. The number of hydrogen-bond donors (Lipinski definition) is 0. The van der Waals surface area contributed by atoms with Crippen LogP contribution in [0.3, 0.4) is 0 Å². The molecule has 5 rings (SSSR count). The molecule has 0 spiro atoms. The van der Waals surface area contributed by atoms with E-state index in [1.54, 1.807) is 49.3 Å². The molecule has 6 nitrogen and oxygen atoms in total. The van der Waals surface area contributed by atoms with Crippen molar-refractivity contribution in [3.8, 4) is 17.2 Å². The Kier molecular flexibility index (Phi) is 5.67. The summed E-state index contributed by atoms with van der Waals surface area (Å²) in [6.07, 6.45) is 3.29. The summed E-state index contributed by atoms with van der Waals surface area (Å²) in [4.78, 5) is 32.0. The van der Waals surface area contributed by atoms with Crippen LogP contribution in [0.25, 0.3) is 11.3 Å². The maximum atomic E-state index is 14.1. The van der Waals surface area contributed by atoms with E-state index in [0.29, 0.717) is 53.3 Å². The molecular weight excluding hydrogens is 440 g/mol. The Bertz CT molecular complexity index is 1450. The van der Waals surface area contributed by atoms with Gasteiger partial charge in [-0.1, -0.05) is 44.2 Å². The number of carbonyl (C=O) groups is 1. The first kappa shape index (κ1) is 22.8. The molecule has 178 valence electrons. The van der Waals surface area contributed by atoms with E-state index in [4.69, 9.17) is 9.47 Å². The summed E-state index contributed by atoms with van der Waals surface area (Å²) in [5.41, 5.74) is 4.58. The van der Waals surface area contributed by atoms with Gasteiger partial charge in [-0.05, 0) is 41.2 Å². The predicted molar refractivity (Wildman–Crippen MR) is 137 cm³/mol. The zero-order chi connectivity index (χ0) is 24.7. The Balaban J connectivity index is 1.71. The Morgan fingerprint density at radius 3 is 2.40 bits per heavy atom. The Morgan fingerprint density at radius 1 is 0.914 bits per heavy atom. The number of methoxy groups -OCH3 is 2. The maximum Gasteiger partial charge on any atom is 0.263 e. The highest BCUT2D eigenvalue weighted by atomic mass is 16.5. The van der Waals surface area contributed by atoms with Gasteiger partial charge in [0.15, 0.2) is 5.78 Å². The lowest BCUT2D eigenvalue weighted by atomic mass is 9.75. The fourth-order valence-corrected chi connectivity index (χ4v) is 4.97. The van der Waals surface area contributed by atoms with Gasteiger partial charge in [0.25, 0.3) is 5.56 Å². The third kappa shape index (κ3) is 4.09. The van der Waals surface area contributed by atoms with E-state index in [0.717, 1.165) is 16.8 Å². The highest BCUT2D eigenvalue weighted by molar-refractivity contribution is 6.09. The smallest absolute Gasteiger partial charge is 0.263 e. The first-order valence-electron chi connectivity index (χ1n) is 11.7. The van der Waals surface area contributed by atoms with E-state index in [2.05, 4.69) is 18.8 Å². The Morgan fingerprint density at radius 2 is 1.69 bits per heavy atom. The molecule has 0 saturated heterocycles. The van der Waals surface area contributed by atoms with Crippen molar-refractivity contribution in [2.24, 2.45) is 10.4 Å². The molecule has 0 bridgehead atoms. The second kappa shape index (κ2) is 8.69. The zero-order valence-corrected chi connectivity index (χ0v) is 20.4. The topological polar surface area (TPSA) is 69.9 Å². The molecule has 0 amide bonds. The first-order valence-corrected chi connectivity index (χ1v) is 11.7. The van der Waals surface area contributed by atoms with Crippen molar-refractivity contribution in [1.29, 1.82) is 0 Å². The summed E-state index contributed by atoms with van der Waals surface area (Å²) in [5, 5.41) is 0. The number of allylic oxidation sites excluding steroid dienone is 1. The SMILES string of the molecule is COc1ccc(OC)c(-n2c3c(cc(C4=CN=C(c5ccccc5)C4)c2=O)C(=O)CC(C)(C)C3)c1. The number of Topliss-reactive ketones (excluding diaryl/α,β-unsaturated/α-hetero) is 1. The molecule has 2 aliphatic rings. The number of rotatable bonds is 5. The standard InChI is InChI=1S/C29H28N2O4/c1-29(2)15-25-22(26(32)16-29)14-21(19-12-23(30-17-19)18-8-6-5-7-9-18)28(33)31(25)24-13-20(34-3)10-11-27(24)35-4/h5-11,13-14,17H,12,15-16H2,1-4H3. The lowest BCUT2D eigenvalue weighted by Gasteiger charge is -2.32. The molecule has 0 unspecified atom stereocenters. The van der Waals surface area contributed by atoms with Crippen LogP contribution < -0.4 is 15.0 Å². The summed E-state index contributed by atoms with van der Waals surface area (Å²) in [5.74, 6) is 1.17. The number of aliphatic imine (C=N–C) groups is 1. The number of hydrogen-bond acceptors (Lipinski definition) is 5. The van der Waals surface area contributed by atoms with Gasteiger partial charge in [0.2, 0.25) is 0 Å². The van der Waals surface area contributed by atoms with Crippen LogP contribution >= 0.6 is 0 Å². The molecule has 1 aliphatic carbocycles. The van der Waals surface area contributed by atoms with Crippen molar-refractivity contribution in [2.75, 3.05) is 14.2 Å². The molecule has 2 heterocycles. The van der Waals surface area contributed by atoms with Gasteiger partial charge in [0, 0.05) is 41.9 Å². The molecule has 1 aliphatic heterocycles. The van der Waals surface area contributed by atoms with Gasteiger partial charge in [-0.3, -0.25) is 19.1 Å². The molecule has 35 heavy (non-hydrogen) atoms. The predicted octanol–water partition coefficient (Wildman–Crippen LogP) is 5.24. The largest absolute Gasteiger partial charge is 0.497 e. The third-order valence-electron chi connectivity index (χ3n) is 6.70. The van der Waals surface area contributed by atoms with Crippen LogP contribution in [0.2, 0.25) is 0 Å². The lowest BCUT2D eigenvalue weighted by molar-refractivity contribution is 0.0908. The quantitative estimate of drug-likeness (QED) is 0.513. The fraction of sp³-hybridized carbons (Fsp3) is 0.276. The average Bonchev–Trinajstić information content (AvgIpc) is 3.33. The van der Waals surface area contributed by atoms with Crippen molar-refractivity contribution >= 4 is 17.1 Å². The fourth-order valence-electron chi connectivity index (χ4n) is 4.97. The molecule has 0 fully saturated rings. The van der Waals surface area contributed by atoms with E-state index < -0.39 is 0 Å². The number of pyridine rings is 1. The number of nitrogens with zero attached hydrogens (tertiary/aromatic N) is 2. The van der Waals surface area contributed by atoms with Gasteiger partial charge in [-0.25, -0.2) is 0 Å². The summed E-state index contributed by atoms with van der Waals surface area (Å²) in [6.45, 7) is 4.11. The summed E-state index contributed by atoms with van der Waals surface area (Å²) in [6, 6.07) is 17.0. The lowest BCUT2D eigenvalue weighted by Crippen LogP contribution is -2.35. The first-order chi connectivity index (χ1) is 16.8. The summed E-state index contributed by atoms with van der Waals surface area (Å²) >= 11 is 0. The van der Waals surface area contributed by atoms with Crippen molar-refractivity contribution in [1.82, 2.24) is 4.57 Å². The minimum absolute atomic E-state index is 0.0379. The molecule has 0 radical (unpaired) electrons. The number of ether oxygens (including phenoxy) is 2. The molecule has 1 aromatic heterocycles. The molecule has 2 aromatic carbocycles. The highest BCUT2D eigenvalue weighted by Crippen LogP contribution is 2.38. The van der Waals surface area contributed by atoms with E-state index in [1.165, 1.54) is 0 Å². The van der Waals surface area contributed by atoms with E-state index in [-0.39, 0.29) is 16.8 Å². The number of ketones is 1. The monoisotopic (exact) mass is 468 g/mol. The third-order valence-corrected chi connectivity index (χ3v) is 6.70. The second-order valence-corrected chi connectivity index (χ2v) is 9.81. The molecule has 6 heteroatoms. The Hall–Kier alpha value is -3.93. The minimum atomic E-state index is -0.262. The zero-order valence-electron chi connectivity index (χ0n) is 20.4. The van der Waals surface area contributed by atoms with Crippen LogP contribution in [0.5, 0.6) is 11.5 Å². The number of fused-ring (bicyclic) bond motifs is 1. The number of benzene rings is 2. The van der Waals surface area contributed by atoms with Gasteiger partial charge in [-0.2, -0.15) is 0 Å². The van der Waals surface area contributed by atoms with Crippen molar-refractivity contribution in [3.63, 3.8) is 0 Å². The van der Waals surface area contributed by atoms with Crippen LogP contribution in [0, 0.1) is 5.41 Å². The van der Waals surface area contributed by atoms with E-state index in [9.17, 15) is 9.59 Å². The van der Waals surface area contributed by atoms with E-state index in [1.807, 2.05) is 30.3 Å². The van der Waals surface area contributed by atoms with Gasteiger partial charge < -0.3 is 9.47 Å². The van der Waals surface area contributed by atoms with E-state index >= 15 is 0 Å². The van der Waals surface area contributed by atoms with Crippen molar-refractivity contribution in [3.05, 3.63) is 93.5 Å². The van der Waals surface area contributed by atoms with Crippen LogP contribution in [-0.2, 0) is 6.42 Å². The normalized spacial score (nSPS) is 16.4. The minimum Gasteiger partial charge on any atom is -0.497 e. The van der Waals surface area contributed by atoms with Crippen LogP contribution in [0.4, 0.5) is 0 Å². The summed E-state index contributed by atoms with van der Waals surface area (Å²) < 4.78 is 12.7. The van der Waals surface area contributed by atoms with Gasteiger partial charge >= 0.3 is 0 Å². The Labute approximate surface area is 204 Å². The number of aromatic nitrogens is 1. The van der Waals surface area contributed by atoms with Crippen LogP contribution in [-0.4, -0.2) is 30.3 Å². The van der Waals surface area contributed by atoms with Crippen LogP contribution in [0.1, 0.15) is 53.9 Å². The van der Waals surface area contributed by atoms with Crippen LogP contribution in [0.15, 0.2) is 70.6 Å². The molecule has 0 N–H and O–H groups in total. The van der Waals surface area contributed by atoms with Gasteiger partial charge in [0.05, 0.1) is 25.6 Å². The van der Waals surface area contributed by atoms with Crippen molar-refractivity contribution < 1.29 is 14.3 Å². The second-order valence-electron chi connectivity index (χ2n) is 9.81. The average molecular weight is 469 g/mol. The van der Waals surface area contributed by atoms with Crippen molar-refractivity contribution in [2.45, 2.75) is 33.1 Å². The molecule has 0 atom stereocenters. The molecule has 3 aromatic rings. The van der Waals surface area contributed by atoms with Gasteiger partial charge in [-0.15, -0.1) is 0 Å². The number of carbonyl (C=O) groups excluding carboxylic acids is 1.